The van der Waals surface area contributed by atoms with E-state index in [9.17, 15) is 4.79 Å². The zero-order valence-corrected chi connectivity index (χ0v) is 13.6. The first kappa shape index (κ1) is 16.7. The number of aryl methyl sites for hydroxylation is 1. The molecule has 0 bridgehead atoms. The van der Waals surface area contributed by atoms with Gasteiger partial charge in [0.25, 0.3) is 0 Å². The second kappa shape index (κ2) is 6.87. The number of amides is 1. The maximum absolute atomic E-state index is 11.6. The molecule has 2 aromatic heterocycles. The summed E-state index contributed by atoms with van der Waals surface area (Å²) in [6, 6.07) is 0. The number of hydrogen-bond acceptors (Lipinski definition) is 6. The van der Waals surface area contributed by atoms with Crippen molar-refractivity contribution in [2.45, 2.75) is 13.8 Å². The average molecular weight is 294 g/mol. The van der Waals surface area contributed by atoms with Crippen LogP contribution in [0.4, 0.5) is 10.7 Å². The van der Waals surface area contributed by atoms with Gasteiger partial charge in [-0.1, -0.05) is 13.8 Å². The lowest BCUT2D eigenvalue weighted by Gasteiger charge is -2.14. The van der Waals surface area contributed by atoms with Crippen molar-refractivity contribution in [3.8, 4) is 5.88 Å². The van der Waals surface area contributed by atoms with Gasteiger partial charge in [0.05, 0.1) is 6.20 Å². The summed E-state index contributed by atoms with van der Waals surface area (Å²) in [6.45, 7) is 4.00. The summed E-state index contributed by atoms with van der Waals surface area (Å²) in [5.74, 6) is 0.665. The van der Waals surface area contributed by atoms with Crippen molar-refractivity contribution < 1.29 is 9.53 Å². The van der Waals surface area contributed by atoms with Crippen molar-refractivity contribution >= 4 is 23.1 Å². The Kier molecular flexibility index (Phi) is 5.45. The van der Waals surface area contributed by atoms with E-state index in [1.807, 2.05) is 27.9 Å². The minimum atomic E-state index is -0.492. The number of rotatable bonds is 2. The first-order valence-electron chi connectivity index (χ1n) is 6.66. The highest BCUT2D eigenvalue weighted by atomic mass is 16.6. The predicted molar refractivity (Wildman–Crippen MR) is 81.7 cm³/mol. The Morgan fingerprint density at radius 3 is 2.33 bits per heavy atom. The van der Waals surface area contributed by atoms with Crippen molar-refractivity contribution in [2.75, 3.05) is 33.1 Å². The first-order valence-corrected chi connectivity index (χ1v) is 6.66. The third kappa shape index (κ3) is 3.59. The fourth-order valence-electron chi connectivity index (χ4n) is 1.44. The SMILES string of the molecule is CC.CN(C)C(=O)Oc1nc(N(C)C)nc2c1cnn2C. The molecule has 0 saturated heterocycles. The smallest absolute Gasteiger partial charge is 0.390 e. The van der Waals surface area contributed by atoms with E-state index in [4.69, 9.17) is 4.74 Å². The minimum absolute atomic E-state index is 0.209. The van der Waals surface area contributed by atoms with Crippen LogP contribution in [-0.4, -0.2) is 58.9 Å². The van der Waals surface area contributed by atoms with Crippen molar-refractivity contribution in [3.63, 3.8) is 0 Å². The van der Waals surface area contributed by atoms with E-state index in [1.165, 1.54) is 4.90 Å². The number of aromatic nitrogens is 4. The quantitative estimate of drug-likeness (QED) is 0.835. The molecule has 2 rings (SSSR count). The zero-order chi connectivity index (χ0) is 16.2. The van der Waals surface area contributed by atoms with Crippen LogP contribution in [0, 0.1) is 0 Å². The fourth-order valence-corrected chi connectivity index (χ4v) is 1.44. The molecule has 0 aliphatic carbocycles. The molecule has 1 amide bonds. The molecular formula is C13H22N6O2. The van der Waals surface area contributed by atoms with Crippen LogP contribution < -0.4 is 9.64 Å². The lowest BCUT2D eigenvalue weighted by Crippen LogP contribution is -2.26. The van der Waals surface area contributed by atoms with Gasteiger partial charge in [-0.15, -0.1) is 0 Å². The van der Waals surface area contributed by atoms with Crippen molar-refractivity contribution in [3.05, 3.63) is 6.20 Å². The van der Waals surface area contributed by atoms with Crippen LogP contribution in [0.5, 0.6) is 5.88 Å². The summed E-state index contributed by atoms with van der Waals surface area (Å²) in [5.41, 5.74) is 0.611. The van der Waals surface area contributed by atoms with E-state index in [-0.39, 0.29) is 5.88 Å². The van der Waals surface area contributed by atoms with Gasteiger partial charge in [-0.2, -0.15) is 15.1 Å². The normalized spacial score (nSPS) is 9.86. The fraction of sp³-hybridized carbons (Fsp3) is 0.538. The highest BCUT2D eigenvalue weighted by molar-refractivity contribution is 5.84. The Balaban J connectivity index is 0.00000106. The van der Waals surface area contributed by atoms with Gasteiger partial charge < -0.3 is 14.5 Å². The Hall–Kier alpha value is -2.38. The number of hydrogen-bond donors (Lipinski definition) is 0. The third-order valence-electron chi connectivity index (χ3n) is 2.49. The molecule has 0 radical (unpaired) electrons. The lowest BCUT2D eigenvalue weighted by atomic mass is 10.4. The lowest BCUT2D eigenvalue weighted by molar-refractivity contribution is 0.170. The monoisotopic (exact) mass is 294 g/mol. The Labute approximate surface area is 124 Å². The van der Waals surface area contributed by atoms with E-state index in [0.717, 1.165) is 0 Å². The van der Waals surface area contributed by atoms with Crippen LogP contribution in [-0.2, 0) is 7.05 Å². The van der Waals surface area contributed by atoms with Crippen LogP contribution in [0.2, 0.25) is 0 Å². The molecule has 0 aliphatic rings. The molecule has 116 valence electrons. The van der Waals surface area contributed by atoms with Crippen molar-refractivity contribution in [1.29, 1.82) is 0 Å². The molecule has 0 spiro atoms. The summed E-state index contributed by atoms with van der Waals surface area (Å²) in [4.78, 5) is 23.3. The Morgan fingerprint density at radius 1 is 1.19 bits per heavy atom. The molecule has 0 unspecified atom stereocenters. The molecule has 2 heterocycles. The van der Waals surface area contributed by atoms with Gasteiger partial charge in [0, 0.05) is 35.2 Å². The summed E-state index contributed by atoms with van der Waals surface area (Å²) in [7, 11) is 8.62. The van der Waals surface area contributed by atoms with Crippen LogP contribution >= 0.6 is 0 Å². The van der Waals surface area contributed by atoms with Gasteiger partial charge in [0.1, 0.15) is 5.39 Å². The van der Waals surface area contributed by atoms with Gasteiger partial charge in [-0.3, -0.25) is 4.68 Å². The van der Waals surface area contributed by atoms with E-state index >= 15 is 0 Å². The van der Waals surface area contributed by atoms with Gasteiger partial charge >= 0.3 is 6.09 Å². The van der Waals surface area contributed by atoms with Gasteiger partial charge in [-0.05, 0) is 0 Å². The van der Waals surface area contributed by atoms with Crippen LogP contribution in [0.25, 0.3) is 11.0 Å². The first-order chi connectivity index (χ1) is 9.90. The van der Waals surface area contributed by atoms with Gasteiger partial charge in [0.2, 0.25) is 11.8 Å². The van der Waals surface area contributed by atoms with Crippen LogP contribution in [0.15, 0.2) is 6.20 Å². The van der Waals surface area contributed by atoms with Crippen LogP contribution in [0.3, 0.4) is 0 Å². The van der Waals surface area contributed by atoms with E-state index in [0.29, 0.717) is 17.0 Å². The highest BCUT2D eigenvalue weighted by Gasteiger charge is 2.17. The molecular weight excluding hydrogens is 272 g/mol. The largest absolute Gasteiger partial charge is 0.416 e. The number of carbonyl (C=O) groups is 1. The molecule has 0 N–H and O–H groups in total. The zero-order valence-electron chi connectivity index (χ0n) is 13.6. The molecule has 0 saturated carbocycles. The molecule has 0 aromatic carbocycles. The molecule has 8 heteroatoms. The van der Waals surface area contributed by atoms with Crippen molar-refractivity contribution in [1.82, 2.24) is 24.6 Å². The predicted octanol–water partition coefficient (Wildman–Crippen LogP) is 1.52. The standard InChI is InChI=1S/C11H16N6O2.C2H6/c1-15(2)10-13-8-7(6-12-17(8)5)9(14-10)19-11(18)16(3)4;1-2/h6H,1-5H3;1-2H3. The minimum Gasteiger partial charge on any atom is -0.390 e. The number of anilines is 1. The molecule has 0 atom stereocenters. The summed E-state index contributed by atoms with van der Waals surface area (Å²) >= 11 is 0. The number of nitrogens with zero attached hydrogens (tertiary/aromatic N) is 6. The topological polar surface area (TPSA) is 76.4 Å². The highest BCUT2D eigenvalue weighted by Crippen LogP contribution is 2.24. The van der Waals surface area contributed by atoms with E-state index in [2.05, 4.69) is 15.1 Å². The third-order valence-corrected chi connectivity index (χ3v) is 2.49. The van der Waals surface area contributed by atoms with Gasteiger partial charge in [-0.25, -0.2) is 4.79 Å². The molecule has 21 heavy (non-hydrogen) atoms. The molecule has 8 nitrogen and oxygen atoms in total. The van der Waals surface area contributed by atoms with Gasteiger partial charge in [0.15, 0.2) is 5.65 Å². The van der Waals surface area contributed by atoms with E-state index in [1.54, 1.807) is 36.9 Å². The average Bonchev–Trinajstić information content (AvgIpc) is 2.82. The summed E-state index contributed by atoms with van der Waals surface area (Å²) in [5, 5.41) is 4.70. The maximum atomic E-state index is 11.6. The van der Waals surface area contributed by atoms with E-state index < -0.39 is 6.09 Å². The van der Waals surface area contributed by atoms with Crippen molar-refractivity contribution in [2.24, 2.45) is 7.05 Å². The number of ether oxygens (including phenoxy) is 1. The second-order valence-corrected chi connectivity index (χ2v) is 4.49. The maximum Gasteiger partial charge on any atom is 0.416 e. The Morgan fingerprint density at radius 2 is 1.81 bits per heavy atom. The van der Waals surface area contributed by atoms with Crippen LogP contribution in [0.1, 0.15) is 13.8 Å². The Bertz CT molecular complexity index is 620. The number of fused-ring (bicyclic) bond motifs is 1. The second-order valence-electron chi connectivity index (χ2n) is 4.49. The molecule has 0 fully saturated rings. The number of carbonyl (C=O) groups excluding carboxylic acids is 1. The summed E-state index contributed by atoms with van der Waals surface area (Å²) < 4.78 is 6.86. The molecule has 2 aromatic rings. The summed E-state index contributed by atoms with van der Waals surface area (Å²) in [6.07, 6.45) is 1.08. The molecule has 0 aliphatic heterocycles.